The number of carbonyl (C=O) groups is 2. The van der Waals surface area contributed by atoms with Gasteiger partial charge in [0.25, 0.3) is 11.8 Å². The number of nitrogens with one attached hydrogen (secondary N) is 2. The second-order valence-corrected chi connectivity index (χ2v) is 6.76. The first-order valence-corrected chi connectivity index (χ1v) is 8.81. The average Bonchev–Trinajstić information content (AvgIpc) is 3.12. The number of rotatable bonds is 4. The number of hydrogen-bond donors (Lipinski definition) is 2. The molecule has 130 valence electrons. The van der Waals surface area contributed by atoms with Crippen LogP contribution in [0.1, 0.15) is 46.4 Å². The van der Waals surface area contributed by atoms with E-state index in [1.54, 1.807) is 18.2 Å². The average molecular weight is 378 g/mol. The number of nitrogens with zero attached hydrogens (tertiary/aromatic N) is 1. The second kappa shape index (κ2) is 7.85. The monoisotopic (exact) mass is 377 g/mol. The molecule has 1 aromatic carbocycles. The summed E-state index contributed by atoms with van der Waals surface area (Å²) in [7, 11) is 0. The maximum absolute atomic E-state index is 12.4. The molecule has 2 aromatic rings. The van der Waals surface area contributed by atoms with Crippen LogP contribution in [0.3, 0.4) is 0 Å². The number of anilines is 1. The van der Waals surface area contributed by atoms with Crippen LogP contribution in [-0.4, -0.2) is 22.8 Å². The highest BCUT2D eigenvalue weighted by atomic mass is 35.5. The van der Waals surface area contributed by atoms with Gasteiger partial charge in [0.1, 0.15) is 0 Å². The van der Waals surface area contributed by atoms with Crippen molar-refractivity contribution in [3.63, 3.8) is 0 Å². The molecule has 0 aliphatic heterocycles. The van der Waals surface area contributed by atoms with E-state index in [0.29, 0.717) is 16.3 Å². The zero-order valence-corrected chi connectivity index (χ0v) is 14.9. The van der Waals surface area contributed by atoms with Gasteiger partial charge in [-0.05, 0) is 31.0 Å². The van der Waals surface area contributed by atoms with E-state index in [4.69, 9.17) is 23.2 Å². The molecule has 2 N–H and O–H groups in total. The van der Waals surface area contributed by atoms with Crippen LogP contribution in [0, 0.1) is 0 Å². The van der Waals surface area contributed by atoms with Gasteiger partial charge >= 0.3 is 0 Å². The van der Waals surface area contributed by atoms with Gasteiger partial charge in [-0.3, -0.25) is 14.6 Å². The van der Waals surface area contributed by atoms with Gasteiger partial charge in [0.15, 0.2) is 0 Å². The number of halogens is 2. The molecule has 1 fully saturated rings. The standard InChI is InChI=1S/C18H17Cl2N3O2/c19-14-6-3-7-15(16(14)20)23-18(25)12-8-11(9-21-10-12)17(24)22-13-4-1-2-5-13/h3,6-10,13H,1-2,4-5H2,(H,22,24)(H,23,25). The van der Waals surface area contributed by atoms with E-state index in [-0.39, 0.29) is 22.5 Å². The zero-order chi connectivity index (χ0) is 17.8. The van der Waals surface area contributed by atoms with Crippen LogP contribution in [-0.2, 0) is 0 Å². The van der Waals surface area contributed by atoms with Crippen molar-refractivity contribution >= 4 is 40.7 Å². The summed E-state index contributed by atoms with van der Waals surface area (Å²) in [5.74, 6) is -0.623. The van der Waals surface area contributed by atoms with Crippen LogP contribution in [0.5, 0.6) is 0 Å². The van der Waals surface area contributed by atoms with Crippen molar-refractivity contribution in [2.75, 3.05) is 5.32 Å². The molecule has 1 aliphatic rings. The van der Waals surface area contributed by atoms with E-state index in [1.165, 1.54) is 18.5 Å². The van der Waals surface area contributed by atoms with Crippen molar-refractivity contribution in [3.05, 3.63) is 57.8 Å². The van der Waals surface area contributed by atoms with Crippen LogP contribution in [0.25, 0.3) is 0 Å². The van der Waals surface area contributed by atoms with E-state index in [1.807, 2.05) is 0 Å². The molecule has 7 heteroatoms. The Morgan fingerprint density at radius 3 is 2.44 bits per heavy atom. The number of pyridine rings is 1. The van der Waals surface area contributed by atoms with Crippen molar-refractivity contribution in [2.24, 2.45) is 0 Å². The molecule has 5 nitrogen and oxygen atoms in total. The molecule has 1 aliphatic carbocycles. The number of amides is 2. The SMILES string of the molecule is O=C(Nc1cccc(Cl)c1Cl)c1cncc(C(=O)NC2CCCC2)c1. The lowest BCUT2D eigenvalue weighted by atomic mass is 10.1. The third-order valence-electron chi connectivity index (χ3n) is 4.15. The predicted molar refractivity (Wildman–Crippen MR) is 98.4 cm³/mol. The summed E-state index contributed by atoms with van der Waals surface area (Å²) >= 11 is 12.0. The van der Waals surface area contributed by atoms with E-state index in [2.05, 4.69) is 15.6 Å². The molecule has 1 heterocycles. The maximum atomic E-state index is 12.4. The molecule has 0 unspecified atom stereocenters. The summed E-state index contributed by atoms with van der Waals surface area (Å²) in [4.78, 5) is 28.7. The zero-order valence-electron chi connectivity index (χ0n) is 13.4. The molecule has 0 spiro atoms. The molecule has 3 rings (SSSR count). The predicted octanol–water partition coefficient (Wildman–Crippen LogP) is 4.31. The molecule has 0 saturated heterocycles. The van der Waals surface area contributed by atoms with Crippen molar-refractivity contribution in [1.29, 1.82) is 0 Å². The molecular weight excluding hydrogens is 361 g/mol. The molecular formula is C18H17Cl2N3O2. The number of aromatic nitrogens is 1. The summed E-state index contributed by atoms with van der Waals surface area (Å²) < 4.78 is 0. The van der Waals surface area contributed by atoms with Crippen molar-refractivity contribution in [1.82, 2.24) is 10.3 Å². The molecule has 1 aromatic heterocycles. The van der Waals surface area contributed by atoms with Gasteiger partial charge in [0, 0.05) is 18.4 Å². The highest BCUT2D eigenvalue weighted by Gasteiger charge is 2.19. The summed E-state index contributed by atoms with van der Waals surface area (Å²) in [6.07, 6.45) is 7.10. The van der Waals surface area contributed by atoms with Crippen LogP contribution in [0.4, 0.5) is 5.69 Å². The minimum absolute atomic E-state index is 0.204. The minimum Gasteiger partial charge on any atom is -0.349 e. The Morgan fingerprint density at radius 2 is 1.72 bits per heavy atom. The molecule has 1 saturated carbocycles. The Balaban J connectivity index is 1.72. The van der Waals surface area contributed by atoms with Gasteiger partial charge in [0.2, 0.25) is 0 Å². The highest BCUT2D eigenvalue weighted by molar-refractivity contribution is 6.44. The van der Waals surface area contributed by atoms with Crippen LogP contribution in [0.2, 0.25) is 10.0 Å². The Hall–Kier alpha value is -2.11. The molecule has 0 bridgehead atoms. The number of hydrogen-bond acceptors (Lipinski definition) is 3. The molecule has 0 radical (unpaired) electrons. The molecule has 0 atom stereocenters. The topological polar surface area (TPSA) is 71.1 Å². The quantitative estimate of drug-likeness (QED) is 0.833. The fourth-order valence-electron chi connectivity index (χ4n) is 2.82. The largest absolute Gasteiger partial charge is 0.349 e. The van der Waals surface area contributed by atoms with E-state index in [0.717, 1.165) is 25.7 Å². The van der Waals surface area contributed by atoms with Crippen molar-refractivity contribution in [3.8, 4) is 0 Å². The highest BCUT2D eigenvalue weighted by Crippen LogP contribution is 2.29. The summed E-state index contributed by atoms with van der Waals surface area (Å²) in [5.41, 5.74) is 1.03. The van der Waals surface area contributed by atoms with Gasteiger partial charge < -0.3 is 10.6 Å². The van der Waals surface area contributed by atoms with E-state index in [9.17, 15) is 9.59 Å². The molecule has 25 heavy (non-hydrogen) atoms. The lowest BCUT2D eigenvalue weighted by Crippen LogP contribution is -2.32. The fourth-order valence-corrected chi connectivity index (χ4v) is 3.17. The lowest BCUT2D eigenvalue weighted by Gasteiger charge is -2.12. The van der Waals surface area contributed by atoms with Crippen LogP contribution < -0.4 is 10.6 Å². The van der Waals surface area contributed by atoms with Crippen LogP contribution >= 0.6 is 23.2 Å². The summed E-state index contributed by atoms with van der Waals surface area (Å²) in [6, 6.07) is 6.69. The van der Waals surface area contributed by atoms with Crippen molar-refractivity contribution < 1.29 is 9.59 Å². The van der Waals surface area contributed by atoms with Crippen molar-refractivity contribution in [2.45, 2.75) is 31.7 Å². The molecule has 2 amide bonds. The Bertz CT molecular complexity index is 805. The normalized spacial score (nSPS) is 14.3. The minimum atomic E-state index is -0.410. The van der Waals surface area contributed by atoms with Crippen LogP contribution in [0.15, 0.2) is 36.7 Å². The fraction of sp³-hybridized carbons (Fsp3) is 0.278. The lowest BCUT2D eigenvalue weighted by molar-refractivity contribution is 0.0937. The summed E-state index contributed by atoms with van der Waals surface area (Å²) in [5, 5.41) is 6.27. The van der Waals surface area contributed by atoms with Gasteiger partial charge in [-0.25, -0.2) is 0 Å². The van der Waals surface area contributed by atoms with Gasteiger partial charge in [0.05, 0.1) is 26.9 Å². The number of benzene rings is 1. The maximum Gasteiger partial charge on any atom is 0.257 e. The smallest absolute Gasteiger partial charge is 0.257 e. The first-order chi connectivity index (χ1) is 12.0. The Kier molecular flexibility index (Phi) is 5.56. The first-order valence-electron chi connectivity index (χ1n) is 8.06. The Labute approximate surface area is 155 Å². The first kappa shape index (κ1) is 17.7. The van der Waals surface area contributed by atoms with Gasteiger partial charge in [-0.15, -0.1) is 0 Å². The third kappa shape index (κ3) is 4.30. The van der Waals surface area contributed by atoms with Gasteiger partial charge in [-0.1, -0.05) is 42.1 Å². The van der Waals surface area contributed by atoms with E-state index >= 15 is 0 Å². The second-order valence-electron chi connectivity index (χ2n) is 5.97. The third-order valence-corrected chi connectivity index (χ3v) is 4.97. The summed E-state index contributed by atoms with van der Waals surface area (Å²) in [6.45, 7) is 0. The van der Waals surface area contributed by atoms with Gasteiger partial charge in [-0.2, -0.15) is 0 Å². The number of carbonyl (C=O) groups excluding carboxylic acids is 2. The Morgan fingerprint density at radius 1 is 1.04 bits per heavy atom. The van der Waals surface area contributed by atoms with E-state index < -0.39 is 5.91 Å².